The van der Waals surface area contributed by atoms with Crippen LogP contribution >= 0.6 is 0 Å². The molecule has 1 nitrogen and oxygen atoms in total. The molecule has 1 aromatic rings. The molecule has 0 saturated heterocycles. The molecule has 0 aliphatic heterocycles. The summed E-state index contributed by atoms with van der Waals surface area (Å²) in [6.07, 6.45) is 1.17. The molecule has 0 heterocycles. The van der Waals surface area contributed by atoms with Crippen molar-refractivity contribution in [3.05, 3.63) is 35.4 Å². The summed E-state index contributed by atoms with van der Waals surface area (Å²) < 4.78 is 0. The molecule has 1 atom stereocenters. The molecule has 90 valence electrons. The Bertz CT molecular complexity index is 328. The summed E-state index contributed by atoms with van der Waals surface area (Å²) in [6.45, 7) is 12.4. The first-order chi connectivity index (χ1) is 7.47. The third-order valence-electron chi connectivity index (χ3n) is 3.24. The van der Waals surface area contributed by atoms with E-state index in [2.05, 4.69) is 64.2 Å². The van der Waals surface area contributed by atoms with E-state index in [-0.39, 0.29) is 5.41 Å². The molecule has 1 N–H and O–H groups in total. The number of aryl methyl sites for hydroxylation is 1. The predicted molar refractivity (Wildman–Crippen MR) is 72.0 cm³/mol. The zero-order valence-corrected chi connectivity index (χ0v) is 11.3. The van der Waals surface area contributed by atoms with Gasteiger partial charge in [-0.05, 0) is 43.4 Å². The van der Waals surface area contributed by atoms with E-state index < -0.39 is 0 Å². The van der Waals surface area contributed by atoms with Crippen molar-refractivity contribution in [2.75, 3.05) is 6.54 Å². The summed E-state index contributed by atoms with van der Waals surface area (Å²) in [5.74, 6) is 0. The quantitative estimate of drug-likeness (QED) is 0.797. The van der Waals surface area contributed by atoms with Gasteiger partial charge in [-0.25, -0.2) is 0 Å². The van der Waals surface area contributed by atoms with Gasteiger partial charge >= 0.3 is 0 Å². The fraction of sp³-hybridized carbons (Fsp3) is 0.600. The van der Waals surface area contributed by atoms with Crippen LogP contribution < -0.4 is 5.32 Å². The lowest BCUT2D eigenvalue weighted by molar-refractivity contribution is 0.393. The van der Waals surface area contributed by atoms with Gasteiger partial charge in [0.1, 0.15) is 0 Å². The molecule has 1 aromatic carbocycles. The van der Waals surface area contributed by atoms with Crippen molar-refractivity contribution < 1.29 is 0 Å². The Labute approximate surface area is 100 Å². The van der Waals surface area contributed by atoms with E-state index in [4.69, 9.17) is 0 Å². The molecule has 0 fully saturated rings. The fourth-order valence-electron chi connectivity index (χ4n) is 2.63. The molecule has 0 spiro atoms. The van der Waals surface area contributed by atoms with Crippen molar-refractivity contribution in [3.8, 4) is 0 Å². The average Bonchev–Trinajstić information content (AvgIpc) is 2.17. The Hall–Kier alpha value is -0.820. The zero-order valence-electron chi connectivity index (χ0n) is 11.3. The van der Waals surface area contributed by atoms with E-state index >= 15 is 0 Å². The molecule has 0 aliphatic carbocycles. The molecule has 0 saturated carbocycles. The number of hydrogen-bond acceptors (Lipinski definition) is 1. The Morgan fingerprint density at radius 3 is 2.44 bits per heavy atom. The van der Waals surface area contributed by atoms with Crippen LogP contribution in [0.5, 0.6) is 0 Å². The highest BCUT2D eigenvalue weighted by atomic mass is 14.9. The number of rotatable bonds is 5. The number of hydrogen-bond donors (Lipinski definition) is 1. The number of benzene rings is 1. The molecule has 0 amide bonds. The van der Waals surface area contributed by atoms with Gasteiger partial charge in [-0.1, -0.05) is 45.0 Å². The van der Waals surface area contributed by atoms with E-state index in [1.807, 2.05) is 0 Å². The minimum Gasteiger partial charge on any atom is -0.315 e. The first kappa shape index (κ1) is 13.2. The summed E-state index contributed by atoms with van der Waals surface area (Å²) in [5, 5.41) is 3.49. The third-order valence-corrected chi connectivity index (χ3v) is 3.24. The van der Waals surface area contributed by atoms with Crippen LogP contribution in [0.15, 0.2) is 24.3 Å². The first-order valence-corrected chi connectivity index (χ1v) is 6.27. The average molecular weight is 219 g/mol. The lowest BCUT2D eigenvalue weighted by atomic mass is 9.77. The lowest BCUT2D eigenvalue weighted by Gasteiger charge is -2.30. The van der Waals surface area contributed by atoms with Gasteiger partial charge < -0.3 is 5.32 Å². The maximum atomic E-state index is 3.49. The van der Waals surface area contributed by atoms with Crippen molar-refractivity contribution in [1.29, 1.82) is 0 Å². The van der Waals surface area contributed by atoms with Gasteiger partial charge in [0, 0.05) is 6.04 Å². The van der Waals surface area contributed by atoms with Crippen molar-refractivity contribution >= 4 is 0 Å². The van der Waals surface area contributed by atoms with Gasteiger partial charge in [0.05, 0.1) is 0 Å². The normalized spacial score (nSPS) is 13.8. The minimum absolute atomic E-state index is 0.243. The highest BCUT2D eigenvalue weighted by molar-refractivity contribution is 5.32. The van der Waals surface area contributed by atoms with E-state index in [1.165, 1.54) is 17.5 Å². The van der Waals surface area contributed by atoms with E-state index in [1.54, 1.807) is 0 Å². The molecule has 0 aliphatic rings. The summed E-state index contributed by atoms with van der Waals surface area (Å²) in [7, 11) is 0. The van der Waals surface area contributed by atoms with E-state index in [0.717, 1.165) is 6.54 Å². The van der Waals surface area contributed by atoms with Gasteiger partial charge in [-0.2, -0.15) is 0 Å². The monoisotopic (exact) mass is 219 g/mol. The molecule has 1 rings (SSSR count). The standard InChI is InChI=1S/C15H25N/c1-6-16-13(3)11-15(4,5)14-10-8-7-9-12(14)2/h7-10,13,16H,6,11H2,1-5H3. The molecular formula is C15H25N. The SMILES string of the molecule is CCNC(C)CC(C)(C)c1ccccc1C. The molecule has 1 unspecified atom stereocenters. The van der Waals surface area contributed by atoms with Gasteiger partial charge in [0.25, 0.3) is 0 Å². The summed E-state index contributed by atoms with van der Waals surface area (Å²) >= 11 is 0. The van der Waals surface area contributed by atoms with Crippen LogP contribution in [-0.2, 0) is 5.41 Å². The van der Waals surface area contributed by atoms with Crippen molar-refractivity contribution in [3.63, 3.8) is 0 Å². The predicted octanol–water partition coefficient (Wildman–Crippen LogP) is 3.66. The van der Waals surface area contributed by atoms with E-state index in [0.29, 0.717) is 6.04 Å². The van der Waals surface area contributed by atoms with Gasteiger partial charge in [-0.15, -0.1) is 0 Å². The largest absolute Gasteiger partial charge is 0.315 e. The number of nitrogens with one attached hydrogen (secondary N) is 1. The van der Waals surface area contributed by atoms with E-state index in [9.17, 15) is 0 Å². The topological polar surface area (TPSA) is 12.0 Å². The molecule has 16 heavy (non-hydrogen) atoms. The Balaban J connectivity index is 2.81. The van der Waals surface area contributed by atoms with Crippen LogP contribution in [0.1, 0.15) is 45.2 Å². The van der Waals surface area contributed by atoms with Crippen LogP contribution in [0, 0.1) is 6.92 Å². The molecular weight excluding hydrogens is 194 g/mol. The van der Waals surface area contributed by atoms with Crippen LogP contribution in [0.25, 0.3) is 0 Å². The van der Waals surface area contributed by atoms with Crippen LogP contribution in [-0.4, -0.2) is 12.6 Å². The minimum atomic E-state index is 0.243. The maximum Gasteiger partial charge on any atom is 0.00468 e. The van der Waals surface area contributed by atoms with Gasteiger partial charge in [0.15, 0.2) is 0 Å². The second kappa shape index (κ2) is 5.49. The van der Waals surface area contributed by atoms with Crippen LogP contribution in [0.4, 0.5) is 0 Å². The van der Waals surface area contributed by atoms with Crippen molar-refractivity contribution in [2.24, 2.45) is 0 Å². The molecule has 1 heteroatoms. The third kappa shape index (κ3) is 3.34. The summed E-state index contributed by atoms with van der Waals surface area (Å²) in [5.41, 5.74) is 3.11. The fourth-order valence-corrected chi connectivity index (χ4v) is 2.63. The van der Waals surface area contributed by atoms with Crippen molar-refractivity contribution in [2.45, 2.75) is 52.5 Å². The Morgan fingerprint density at radius 1 is 1.25 bits per heavy atom. The van der Waals surface area contributed by atoms with Crippen LogP contribution in [0.3, 0.4) is 0 Å². The van der Waals surface area contributed by atoms with Gasteiger partial charge in [0.2, 0.25) is 0 Å². The van der Waals surface area contributed by atoms with Gasteiger partial charge in [-0.3, -0.25) is 0 Å². The Morgan fingerprint density at radius 2 is 1.88 bits per heavy atom. The summed E-state index contributed by atoms with van der Waals surface area (Å²) in [6, 6.07) is 9.28. The molecule has 0 radical (unpaired) electrons. The molecule has 0 bridgehead atoms. The summed E-state index contributed by atoms with van der Waals surface area (Å²) in [4.78, 5) is 0. The Kier molecular flexibility index (Phi) is 4.55. The van der Waals surface area contributed by atoms with Crippen LogP contribution in [0.2, 0.25) is 0 Å². The second-order valence-electron chi connectivity index (χ2n) is 5.36. The smallest absolute Gasteiger partial charge is 0.00468 e. The van der Waals surface area contributed by atoms with Crippen molar-refractivity contribution in [1.82, 2.24) is 5.32 Å². The first-order valence-electron chi connectivity index (χ1n) is 6.27. The lowest BCUT2D eigenvalue weighted by Crippen LogP contribution is -2.33. The maximum absolute atomic E-state index is 3.49. The highest BCUT2D eigenvalue weighted by Crippen LogP contribution is 2.30. The highest BCUT2D eigenvalue weighted by Gasteiger charge is 2.24. The molecule has 0 aromatic heterocycles. The second-order valence-corrected chi connectivity index (χ2v) is 5.36. The zero-order chi connectivity index (χ0) is 12.2.